The van der Waals surface area contributed by atoms with E-state index in [1.807, 2.05) is 37.3 Å². The summed E-state index contributed by atoms with van der Waals surface area (Å²) in [7, 11) is 1.58. The van der Waals surface area contributed by atoms with Crippen LogP contribution in [0, 0.1) is 0 Å². The fraction of sp³-hybridized carbons (Fsp3) is 0.150. The van der Waals surface area contributed by atoms with Crippen molar-refractivity contribution in [3.8, 4) is 5.75 Å². The van der Waals surface area contributed by atoms with Crippen LogP contribution in [-0.4, -0.2) is 27.8 Å². The molecule has 0 radical (unpaired) electrons. The zero-order chi connectivity index (χ0) is 18.8. The van der Waals surface area contributed by atoms with Gasteiger partial charge in [-0.1, -0.05) is 30.3 Å². The minimum absolute atomic E-state index is 0.0819. The van der Waals surface area contributed by atoms with Crippen molar-refractivity contribution in [2.24, 2.45) is 0 Å². The molecule has 3 aromatic rings. The molecule has 7 heteroatoms. The molecule has 1 unspecified atom stereocenters. The van der Waals surface area contributed by atoms with Gasteiger partial charge >= 0.3 is 0 Å². The molecule has 0 aliphatic carbocycles. The van der Waals surface area contributed by atoms with Crippen molar-refractivity contribution in [1.29, 1.82) is 0 Å². The van der Waals surface area contributed by atoms with E-state index in [9.17, 15) is 4.79 Å². The molecule has 136 valence electrons. The van der Waals surface area contributed by atoms with Crippen molar-refractivity contribution < 1.29 is 9.53 Å². The number of anilines is 2. The molecule has 0 saturated heterocycles. The number of hydrogen-bond donors (Lipinski definition) is 2. The number of fused-ring (bicyclic) bond motifs is 1. The van der Waals surface area contributed by atoms with Crippen molar-refractivity contribution in [1.82, 2.24) is 14.8 Å². The predicted octanol–water partition coefficient (Wildman–Crippen LogP) is 3.46. The van der Waals surface area contributed by atoms with Crippen molar-refractivity contribution in [2.75, 3.05) is 17.7 Å². The van der Waals surface area contributed by atoms with Crippen LogP contribution >= 0.6 is 0 Å². The van der Waals surface area contributed by atoms with Gasteiger partial charge in [0.2, 0.25) is 5.95 Å². The molecule has 0 bridgehead atoms. The normalized spacial score (nSPS) is 15.3. The second-order valence-corrected chi connectivity index (χ2v) is 6.22. The van der Waals surface area contributed by atoms with Crippen LogP contribution in [0.4, 0.5) is 11.9 Å². The van der Waals surface area contributed by atoms with Crippen molar-refractivity contribution in [3.05, 3.63) is 77.5 Å². The number of ether oxygens (including phenoxy) is 1. The number of allylic oxidation sites excluding steroid dienone is 2. The summed E-state index contributed by atoms with van der Waals surface area (Å²) in [5.74, 6) is 1.26. The van der Waals surface area contributed by atoms with Crippen molar-refractivity contribution in [2.45, 2.75) is 13.0 Å². The van der Waals surface area contributed by atoms with Gasteiger partial charge < -0.3 is 10.1 Å². The van der Waals surface area contributed by atoms with Gasteiger partial charge in [-0.15, -0.1) is 5.10 Å². The maximum absolute atomic E-state index is 12.5. The zero-order valence-electron chi connectivity index (χ0n) is 15.0. The van der Waals surface area contributed by atoms with Gasteiger partial charge in [0, 0.05) is 11.3 Å². The highest BCUT2D eigenvalue weighted by molar-refractivity contribution is 6.03. The van der Waals surface area contributed by atoms with Gasteiger partial charge in [0.1, 0.15) is 11.8 Å². The molecule has 2 aromatic carbocycles. The molecule has 1 aliphatic heterocycles. The number of nitrogens with zero attached hydrogens (tertiary/aromatic N) is 3. The lowest BCUT2D eigenvalue weighted by Crippen LogP contribution is -2.19. The Balaban J connectivity index is 1.59. The Labute approximate surface area is 156 Å². The van der Waals surface area contributed by atoms with Gasteiger partial charge in [0.15, 0.2) is 0 Å². The molecule has 0 saturated carbocycles. The summed E-state index contributed by atoms with van der Waals surface area (Å²) in [6.07, 6.45) is 2.08. The first kappa shape index (κ1) is 16.8. The van der Waals surface area contributed by atoms with E-state index in [4.69, 9.17) is 4.74 Å². The van der Waals surface area contributed by atoms with E-state index in [1.165, 1.54) is 0 Å². The fourth-order valence-electron chi connectivity index (χ4n) is 2.98. The van der Waals surface area contributed by atoms with E-state index in [0.717, 1.165) is 11.3 Å². The Kier molecular flexibility index (Phi) is 4.33. The van der Waals surface area contributed by atoms with Gasteiger partial charge in [-0.2, -0.15) is 4.98 Å². The highest BCUT2D eigenvalue weighted by Crippen LogP contribution is 2.29. The molecular formula is C20H19N5O2. The monoisotopic (exact) mass is 361 g/mol. The van der Waals surface area contributed by atoms with Crippen LogP contribution in [0.2, 0.25) is 0 Å². The first-order chi connectivity index (χ1) is 13.1. The first-order valence-corrected chi connectivity index (χ1v) is 8.56. The van der Waals surface area contributed by atoms with E-state index in [-0.39, 0.29) is 17.9 Å². The Morgan fingerprint density at radius 3 is 2.59 bits per heavy atom. The van der Waals surface area contributed by atoms with Crippen LogP contribution in [0.15, 0.2) is 66.4 Å². The summed E-state index contributed by atoms with van der Waals surface area (Å²) >= 11 is 0. The largest absolute Gasteiger partial charge is 0.497 e. The van der Waals surface area contributed by atoms with Crippen LogP contribution in [0.1, 0.15) is 28.9 Å². The average molecular weight is 361 g/mol. The number of amides is 1. The van der Waals surface area contributed by atoms with Crippen molar-refractivity contribution >= 4 is 17.8 Å². The summed E-state index contributed by atoms with van der Waals surface area (Å²) in [5.41, 5.74) is 2.58. The number of carbonyl (C=O) groups is 1. The second-order valence-electron chi connectivity index (χ2n) is 6.22. The summed E-state index contributed by atoms with van der Waals surface area (Å²) in [4.78, 5) is 16.9. The maximum Gasteiger partial charge on any atom is 0.258 e. The second kappa shape index (κ2) is 6.95. The minimum atomic E-state index is -0.276. The van der Waals surface area contributed by atoms with Crippen LogP contribution in [-0.2, 0) is 0 Å². The third kappa shape index (κ3) is 3.39. The molecular weight excluding hydrogens is 342 g/mol. The lowest BCUT2D eigenvalue weighted by Gasteiger charge is -2.22. The minimum Gasteiger partial charge on any atom is -0.497 e. The molecule has 4 rings (SSSR count). The molecule has 0 fully saturated rings. The van der Waals surface area contributed by atoms with E-state index < -0.39 is 0 Å². The van der Waals surface area contributed by atoms with E-state index in [0.29, 0.717) is 17.3 Å². The smallest absolute Gasteiger partial charge is 0.258 e. The number of aromatic nitrogens is 3. The molecule has 1 atom stereocenters. The highest BCUT2D eigenvalue weighted by Gasteiger charge is 2.23. The number of rotatable bonds is 4. The SMILES string of the molecule is COc1ccc(C(=O)Nc2nc3n(n2)C(c2ccccc2)C=C(C)N3)cc1. The number of methoxy groups -OCH3 is 1. The predicted molar refractivity (Wildman–Crippen MR) is 103 cm³/mol. The van der Waals surface area contributed by atoms with E-state index >= 15 is 0 Å². The van der Waals surface area contributed by atoms with E-state index in [2.05, 4.69) is 26.8 Å². The highest BCUT2D eigenvalue weighted by atomic mass is 16.5. The fourth-order valence-corrected chi connectivity index (χ4v) is 2.98. The number of benzene rings is 2. The number of hydrogen-bond acceptors (Lipinski definition) is 5. The molecule has 7 nitrogen and oxygen atoms in total. The third-order valence-electron chi connectivity index (χ3n) is 4.33. The Bertz CT molecular complexity index is 993. The maximum atomic E-state index is 12.5. The summed E-state index contributed by atoms with van der Waals surface area (Å²) in [6.45, 7) is 1.98. The summed E-state index contributed by atoms with van der Waals surface area (Å²) < 4.78 is 6.88. The lowest BCUT2D eigenvalue weighted by atomic mass is 10.1. The van der Waals surface area contributed by atoms with Gasteiger partial charge in [-0.05, 0) is 42.8 Å². The number of nitrogens with one attached hydrogen (secondary N) is 2. The molecule has 27 heavy (non-hydrogen) atoms. The molecule has 1 aliphatic rings. The molecule has 1 amide bonds. The van der Waals surface area contributed by atoms with Gasteiger partial charge in [-0.3, -0.25) is 10.1 Å². The van der Waals surface area contributed by atoms with Crippen LogP contribution in [0.25, 0.3) is 0 Å². The molecule has 2 heterocycles. The standard InChI is InChI=1S/C20H19N5O2/c1-13-12-17(14-6-4-3-5-7-14)25-20(21-13)23-19(24-25)22-18(26)15-8-10-16(27-2)11-9-15/h3-12,17H,1-2H3,(H2,21,22,23,24,26). The average Bonchev–Trinajstić information content (AvgIpc) is 3.10. The zero-order valence-corrected chi connectivity index (χ0v) is 15.0. The Hall–Kier alpha value is -3.61. The van der Waals surface area contributed by atoms with Gasteiger partial charge in [0.25, 0.3) is 11.9 Å². The third-order valence-corrected chi connectivity index (χ3v) is 4.33. The van der Waals surface area contributed by atoms with E-state index in [1.54, 1.807) is 36.1 Å². The Morgan fingerprint density at radius 2 is 1.89 bits per heavy atom. The van der Waals surface area contributed by atoms with Crippen LogP contribution in [0.5, 0.6) is 5.75 Å². The van der Waals surface area contributed by atoms with Gasteiger partial charge in [0.05, 0.1) is 7.11 Å². The quantitative estimate of drug-likeness (QED) is 0.744. The van der Waals surface area contributed by atoms with Crippen LogP contribution < -0.4 is 15.4 Å². The van der Waals surface area contributed by atoms with Crippen molar-refractivity contribution in [3.63, 3.8) is 0 Å². The van der Waals surface area contributed by atoms with Crippen LogP contribution in [0.3, 0.4) is 0 Å². The summed E-state index contributed by atoms with van der Waals surface area (Å²) in [5, 5.41) is 10.4. The lowest BCUT2D eigenvalue weighted by molar-refractivity contribution is 0.102. The van der Waals surface area contributed by atoms with Gasteiger partial charge in [-0.25, -0.2) is 4.68 Å². The number of carbonyl (C=O) groups excluding carboxylic acids is 1. The molecule has 0 spiro atoms. The molecule has 2 N–H and O–H groups in total. The molecule has 1 aromatic heterocycles. The Morgan fingerprint density at radius 1 is 1.15 bits per heavy atom. The topological polar surface area (TPSA) is 81.1 Å². The summed E-state index contributed by atoms with van der Waals surface area (Å²) in [6, 6.07) is 16.8. The first-order valence-electron chi connectivity index (χ1n) is 8.56.